The number of unbranched alkanes of at least 4 members (excludes halogenated alkanes) is 31. The maximum atomic E-state index is 12.8. The Balaban J connectivity index is 4.15. The van der Waals surface area contributed by atoms with Crippen molar-refractivity contribution < 1.29 is 38.2 Å². The number of esters is 2. The minimum Gasteiger partial charge on any atom is -0.544 e. The van der Waals surface area contributed by atoms with E-state index in [0.717, 1.165) is 57.8 Å². The average Bonchev–Trinajstić information content (AvgIpc) is 3.28. The van der Waals surface area contributed by atoms with E-state index < -0.39 is 18.1 Å². The summed E-state index contributed by atoms with van der Waals surface area (Å²) >= 11 is 0. The summed E-state index contributed by atoms with van der Waals surface area (Å²) in [6.07, 6.45) is 59.0. The van der Waals surface area contributed by atoms with Crippen LogP contribution < -0.4 is 5.11 Å². The highest BCUT2D eigenvalue weighted by molar-refractivity contribution is 5.70. The van der Waals surface area contributed by atoms with Gasteiger partial charge in [0.15, 0.2) is 6.10 Å². The van der Waals surface area contributed by atoms with E-state index in [2.05, 4.69) is 50.3 Å². The summed E-state index contributed by atoms with van der Waals surface area (Å²) in [6, 6.07) is -0.725. The molecule has 2 atom stereocenters. The van der Waals surface area contributed by atoms with Crippen molar-refractivity contribution in [2.45, 2.75) is 276 Å². The van der Waals surface area contributed by atoms with Crippen molar-refractivity contribution >= 4 is 17.9 Å². The van der Waals surface area contributed by atoms with Gasteiger partial charge in [0.25, 0.3) is 0 Å². The van der Waals surface area contributed by atoms with Crippen molar-refractivity contribution in [3.05, 3.63) is 36.5 Å². The van der Waals surface area contributed by atoms with Crippen LogP contribution in [0.5, 0.6) is 0 Å². The maximum Gasteiger partial charge on any atom is 0.306 e. The standard InChI is InChI=1S/C58H107NO7/c1-6-8-10-12-14-16-18-20-22-24-26-28-30-32-34-36-38-40-42-44-46-48-56(60)65-53-54(52-64-51-50-55(58(62)63)59(3,4)5)66-57(61)49-47-45-43-41-39-37-35-33-31-29-27-25-23-21-19-17-15-13-11-9-7-2/h9,11,15,17,21,23,54-55H,6-8,10,12-14,16,18-20,22,24-53H2,1-5H3/b11-9+,17-15+,23-21+. The van der Waals surface area contributed by atoms with Crippen LogP contribution in [0.15, 0.2) is 36.5 Å². The molecule has 0 aromatic carbocycles. The molecule has 0 amide bonds. The third-order valence-corrected chi connectivity index (χ3v) is 12.8. The van der Waals surface area contributed by atoms with Crippen LogP contribution in [0.25, 0.3) is 0 Å². The van der Waals surface area contributed by atoms with Gasteiger partial charge >= 0.3 is 11.9 Å². The lowest BCUT2D eigenvalue weighted by molar-refractivity contribution is -0.889. The van der Waals surface area contributed by atoms with Gasteiger partial charge in [-0.1, -0.05) is 237 Å². The SMILES string of the molecule is CC/C=C/C/C=C/C/C=C/CCCCCCCCCCCCCC(=O)OC(COCCC(C(=O)[O-])[N+](C)(C)C)COC(=O)CCCCCCCCCCCCCCCCCCCCCCC. The van der Waals surface area contributed by atoms with E-state index in [9.17, 15) is 19.5 Å². The Morgan fingerprint density at radius 1 is 0.470 bits per heavy atom. The second-order valence-electron chi connectivity index (χ2n) is 20.2. The number of carbonyl (C=O) groups excluding carboxylic acids is 3. The first kappa shape index (κ1) is 63.5. The number of carbonyl (C=O) groups is 3. The van der Waals surface area contributed by atoms with Gasteiger partial charge < -0.3 is 28.6 Å². The first-order valence-electron chi connectivity index (χ1n) is 28.0. The van der Waals surface area contributed by atoms with Gasteiger partial charge in [-0.05, 0) is 44.9 Å². The molecule has 8 heteroatoms. The number of carboxylic acid groups (broad SMARTS) is 1. The summed E-state index contributed by atoms with van der Waals surface area (Å²) in [4.78, 5) is 37.1. The molecule has 0 aliphatic heterocycles. The third kappa shape index (κ3) is 46.7. The predicted octanol–water partition coefficient (Wildman–Crippen LogP) is 15.2. The summed E-state index contributed by atoms with van der Waals surface area (Å²) in [5.74, 6) is -1.72. The molecule has 66 heavy (non-hydrogen) atoms. The molecule has 0 rings (SSSR count). The number of allylic oxidation sites excluding steroid dienone is 6. The number of quaternary nitrogens is 1. The molecular formula is C58H107NO7. The van der Waals surface area contributed by atoms with E-state index in [4.69, 9.17) is 14.2 Å². The van der Waals surface area contributed by atoms with Crippen LogP contribution in [0.2, 0.25) is 0 Å². The predicted molar refractivity (Wildman–Crippen MR) is 277 cm³/mol. The number of nitrogens with zero attached hydrogens (tertiary/aromatic N) is 1. The van der Waals surface area contributed by atoms with E-state index in [1.54, 1.807) is 0 Å². The molecule has 0 aromatic rings. The third-order valence-electron chi connectivity index (χ3n) is 12.8. The number of likely N-dealkylation sites (N-methyl/N-ethyl adjacent to an activating group) is 1. The van der Waals surface area contributed by atoms with Crippen LogP contribution in [0.1, 0.15) is 264 Å². The molecule has 0 aliphatic rings. The normalized spacial score (nSPS) is 13.0. The molecule has 0 aromatic heterocycles. The first-order chi connectivity index (χ1) is 32.1. The number of carboxylic acids is 1. The highest BCUT2D eigenvalue weighted by atomic mass is 16.6. The lowest BCUT2D eigenvalue weighted by Crippen LogP contribution is -2.55. The molecule has 0 saturated carbocycles. The molecule has 8 nitrogen and oxygen atoms in total. The summed E-state index contributed by atoms with van der Waals surface area (Å²) in [7, 11) is 5.43. The van der Waals surface area contributed by atoms with Gasteiger partial charge in [0.2, 0.25) is 0 Å². The van der Waals surface area contributed by atoms with Crippen molar-refractivity contribution in [3.63, 3.8) is 0 Å². The largest absolute Gasteiger partial charge is 0.544 e. The fourth-order valence-corrected chi connectivity index (χ4v) is 8.50. The second-order valence-corrected chi connectivity index (χ2v) is 20.2. The average molecular weight is 930 g/mol. The van der Waals surface area contributed by atoms with Crippen molar-refractivity contribution in [2.24, 2.45) is 0 Å². The Labute approximate surface area is 408 Å². The van der Waals surface area contributed by atoms with Crippen molar-refractivity contribution in [3.8, 4) is 0 Å². The highest BCUT2D eigenvalue weighted by Crippen LogP contribution is 2.17. The van der Waals surface area contributed by atoms with Crippen molar-refractivity contribution in [2.75, 3.05) is 41.0 Å². The monoisotopic (exact) mass is 930 g/mol. The Morgan fingerprint density at radius 3 is 1.26 bits per heavy atom. The summed E-state index contributed by atoms with van der Waals surface area (Å²) in [5, 5.41) is 11.7. The molecule has 0 N–H and O–H groups in total. The number of rotatable bonds is 51. The Morgan fingerprint density at radius 2 is 0.848 bits per heavy atom. The van der Waals surface area contributed by atoms with Gasteiger partial charge in [0.1, 0.15) is 12.6 Å². The van der Waals surface area contributed by atoms with Crippen LogP contribution in [0, 0.1) is 0 Å². The molecule has 0 fully saturated rings. The van der Waals surface area contributed by atoms with E-state index in [1.165, 1.54) is 173 Å². The molecule has 0 aliphatic carbocycles. The smallest absolute Gasteiger partial charge is 0.306 e. The van der Waals surface area contributed by atoms with Gasteiger partial charge in [0.05, 0.1) is 40.3 Å². The van der Waals surface area contributed by atoms with E-state index in [1.807, 2.05) is 21.1 Å². The number of ether oxygens (including phenoxy) is 3. The zero-order valence-corrected chi connectivity index (χ0v) is 44.1. The molecule has 2 unspecified atom stereocenters. The van der Waals surface area contributed by atoms with Gasteiger partial charge in [0, 0.05) is 19.3 Å². The Kier molecular flexibility index (Phi) is 47.2. The minimum atomic E-state index is -1.12. The van der Waals surface area contributed by atoms with Crippen molar-refractivity contribution in [1.82, 2.24) is 0 Å². The van der Waals surface area contributed by atoms with Gasteiger partial charge in [-0.2, -0.15) is 0 Å². The maximum absolute atomic E-state index is 12.8. The van der Waals surface area contributed by atoms with Gasteiger partial charge in [-0.3, -0.25) is 9.59 Å². The first-order valence-corrected chi connectivity index (χ1v) is 28.0. The number of hydrogen-bond donors (Lipinski definition) is 0. The summed E-state index contributed by atoms with van der Waals surface area (Å²) in [6.45, 7) is 4.60. The van der Waals surface area contributed by atoms with E-state index in [-0.39, 0.29) is 42.7 Å². The number of aliphatic carboxylic acids is 1. The fraction of sp³-hybridized carbons (Fsp3) is 0.845. The zero-order valence-electron chi connectivity index (χ0n) is 44.1. The van der Waals surface area contributed by atoms with Crippen molar-refractivity contribution in [1.29, 1.82) is 0 Å². The minimum absolute atomic E-state index is 0.0434. The molecule has 0 bridgehead atoms. The summed E-state index contributed by atoms with van der Waals surface area (Å²) in [5.41, 5.74) is 0. The lowest BCUT2D eigenvalue weighted by atomic mass is 10.0. The van der Waals surface area contributed by atoms with Gasteiger partial charge in [-0.25, -0.2) is 0 Å². The van der Waals surface area contributed by atoms with Crippen LogP contribution in [-0.4, -0.2) is 75.5 Å². The number of hydrogen-bond acceptors (Lipinski definition) is 7. The Hall–Kier alpha value is -2.45. The van der Waals surface area contributed by atoms with Crippen LogP contribution in [0.3, 0.4) is 0 Å². The lowest BCUT2D eigenvalue weighted by Gasteiger charge is -2.34. The van der Waals surface area contributed by atoms with Crippen LogP contribution in [0.4, 0.5) is 0 Å². The highest BCUT2D eigenvalue weighted by Gasteiger charge is 2.25. The quantitative estimate of drug-likeness (QED) is 0.0259. The molecule has 386 valence electrons. The molecule has 0 radical (unpaired) electrons. The van der Waals surface area contributed by atoms with E-state index >= 15 is 0 Å². The molecule has 0 saturated heterocycles. The molecule has 0 spiro atoms. The Bertz CT molecular complexity index is 1170. The van der Waals surface area contributed by atoms with Crippen LogP contribution in [-0.2, 0) is 28.6 Å². The second kappa shape index (κ2) is 49.0. The summed E-state index contributed by atoms with van der Waals surface area (Å²) < 4.78 is 17.3. The van der Waals surface area contributed by atoms with E-state index in [0.29, 0.717) is 12.8 Å². The van der Waals surface area contributed by atoms with Gasteiger partial charge in [-0.15, -0.1) is 0 Å². The topological polar surface area (TPSA) is 102 Å². The fourth-order valence-electron chi connectivity index (χ4n) is 8.50. The van der Waals surface area contributed by atoms with Crippen LogP contribution >= 0.6 is 0 Å². The molecule has 0 heterocycles. The zero-order chi connectivity index (χ0) is 48.4. The molecular weight excluding hydrogens is 823 g/mol.